The van der Waals surface area contributed by atoms with Crippen LogP contribution in [0.5, 0.6) is 0 Å². The molecule has 1 aromatic carbocycles. The molecule has 0 saturated carbocycles. The highest BCUT2D eigenvalue weighted by Crippen LogP contribution is 2.42. The first kappa shape index (κ1) is 30.0. The molecule has 39 heavy (non-hydrogen) atoms. The zero-order chi connectivity index (χ0) is 28.9. The third-order valence-electron chi connectivity index (χ3n) is 6.57. The van der Waals surface area contributed by atoms with Gasteiger partial charge in [-0.05, 0) is 53.1 Å². The van der Waals surface area contributed by atoms with E-state index in [1.54, 1.807) is 37.5 Å². The average Bonchev–Trinajstić information content (AvgIpc) is 3.27. The van der Waals surface area contributed by atoms with Gasteiger partial charge in [0.15, 0.2) is 0 Å². The van der Waals surface area contributed by atoms with Crippen molar-refractivity contribution in [3.05, 3.63) is 50.6 Å². The molecule has 0 aliphatic carbocycles. The second-order valence-electron chi connectivity index (χ2n) is 10.8. The van der Waals surface area contributed by atoms with E-state index in [-0.39, 0.29) is 41.5 Å². The zero-order valence-corrected chi connectivity index (χ0v) is 25.7. The van der Waals surface area contributed by atoms with Gasteiger partial charge in [0.1, 0.15) is 23.3 Å². The molecular formula is C25H29ClF3IN6O2S. The molecule has 0 amide bonds. The molecule has 14 heteroatoms. The van der Waals surface area contributed by atoms with Gasteiger partial charge in [0.25, 0.3) is 0 Å². The summed E-state index contributed by atoms with van der Waals surface area (Å²) in [6.07, 6.45) is -0.252. The highest BCUT2D eigenvalue weighted by atomic mass is 127. The Morgan fingerprint density at radius 2 is 1.87 bits per heavy atom. The van der Waals surface area contributed by atoms with Crippen molar-refractivity contribution in [1.29, 1.82) is 0 Å². The van der Waals surface area contributed by atoms with Gasteiger partial charge in [0, 0.05) is 34.3 Å². The lowest BCUT2D eigenvalue weighted by atomic mass is 9.87. The van der Waals surface area contributed by atoms with E-state index in [1.165, 1.54) is 16.8 Å². The molecule has 0 radical (unpaired) electrons. The molecule has 3 heterocycles. The molecule has 1 aliphatic heterocycles. The minimum absolute atomic E-state index is 0.0211. The van der Waals surface area contributed by atoms with Crippen molar-refractivity contribution in [2.45, 2.75) is 51.7 Å². The van der Waals surface area contributed by atoms with Gasteiger partial charge in [-0.1, -0.05) is 39.3 Å². The number of nitrogens with zero attached hydrogens (tertiary/aromatic N) is 5. The van der Waals surface area contributed by atoms with Crippen LogP contribution in [0.15, 0.2) is 30.7 Å². The number of sulfonamides is 1. The first-order chi connectivity index (χ1) is 17.9. The maximum atomic E-state index is 14.6. The molecule has 2 aromatic heterocycles. The molecule has 4 rings (SSSR count). The second kappa shape index (κ2) is 10.8. The molecule has 8 nitrogen and oxygen atoms in total. The van der Waals surface area contributed by atoms with Gasteiger partial charge < -0.3 is 9.88 Å². The van der Waals surface area contributed by atoms with Crippen molar-refractivity contribution in [2.24, 2.45) is 5.92 Å². The maximum absolute atomic E-state index is 14.6. The third-order valence-corrected chi connectivity index (χ3v) is 8.81. The predicted octanol–water partition coefficient (Wildman–Crippen LogP) is 5.99. The van der Waals surface area contributed by atoms with Crippen molar-refractivity contribution in [3.8, 4) is 17.1 Å². The van der Waals surface area contributed by atoms with Crippen LogP contribution in [-0.2, 0) is 21.6 Å². The quantitative estimate of drug-likeness (QED) is 0.330. The monoisotopic (exact) mass is 696 g/mol. The summed E-state index contributed by atoms with van der Waals surface area (Å²) < 4.78 is 71.5. The Balaban J connectivity index is 1.80. The van der Waals surface area contributed by atoms with Crippen molar-refractivity contribution in [1.82, 2.24) is 23.8 Å². The molecule has 1 saturated heterocycles. The Morgan fingerprint density at radius 3 is 2.44 bits per heavy atom. The van der Waals surface area contributed by atoms with Crippen LogP contribution >= 0.6 is 34.2 Å². The minimum Gasteiger partial charge on any atom is -0.351 e. The zero-order valence-electron chi connectivity index (χ0n) is 22.0. The standard InChI is InChI=1S/C25H29ClF3IN6O2S/c1-14-11-36(39(5,37)38)9-8-17(14)32-23-33-21(20(25(27,28)29)22(34-23)24(2,3)4)18-12-35(13-31-18)19-7-6-15(30)10-16(19)26/h6-7,10,12-14,17H,8-9,11H2,1-5H3,(H,32,33,34)/t14-,17+/m1/s1. The van der Waals surface area contributed by atoms with Crippen LogP contribution in [0.25, 0.3) is 17.1 Å². The van der Waals surface area contributed by atoms with Gasteiger partial charge in [-0.15, -0.1) is 0 Å². The fourth-order valence-electron chi connectivity index (χ4n) is 4.58. The SMILES string of the molecule is C[C@@H]1CN(S(C)(=O)=O)CC[C@@H]1Nc1nc(-c2cn(-c3ccc(I)cc3Cl)cn2)c(C(F)(F)F)c(C(C)(C)C)n1. The highest BCUT2D eigenvalue weighted by molar-refractivity contribution is 14.1. The molecule has 0 unspecified atom stereocenters. The number of nitrogens with one attached hydrogen (secondary N) is 1. The minimum atomic E-state index is -4.74. The Kier molecular flexibility index (Phi) is 8.30. The normalized spacial score (nSPS) is 19.3. The number of halogens is 5. The van der Waals surface area contributed by atoms with Crippen molar-refractivity contribution in [2.75, 3.05) is 24.7 Å². The summed E-state index contributed by atoms with van der Waals surface area (Å²) in [5.74, 6) is -0.0856. The third kappa shape index (κ3) is 6.68. The van der Waals surface area contributed by atoms with Crippen LogP contribution in [-0.4, -0.2) is 57.6 Å². The number of aromatic nitrogens is 4. The summed E-state index contributed by atoms with van der Waals surface area (Å²) in [6, 6.07) is 5.11. The lowest BCUT2D eigenvalue weighted by molar-refractivity contribution is -0.138. The van der Waals surface area contributed by atoms with Gasteiger partial charge >= 0.3 is 6.18 Å². The smallest absolute Gasteiger partial charge is 0.351 e. The van der Waals surface area contributed by atoms with Gasteiger partial charge in [-0.2, -0.15) is 13.2 Å². The van der Waals surface area contributed by atoms with Gasteiger partial charge in [-0.25, -0.2) is 27.7 Å². The van der Waals surface area contributed by atoms with Crippen molar-refractivity contribution in [3.63, 3.8) is 0 Å². The molecule has 1 fully saturated rings. The number of piperidine rings is 1. The van der Waals surface area contributed by atoms with E-state index < -0.39 is 27.2 Å². The second-order valence-corrected chi connectivity index (χ2v) is 14.4. The van der Waals surface area contributed by atoms with E-state index >= 15 is 0 Å². The van der Waals surface area contributed by atoms with Gasteiger partial charge in [0.05, 0.1) is 22.7 Å². The van der Waals surface area contributed by atoms with Crippen molar-refractivity contribution >= 4 is 50.2 Å². The number of imidazole rings is 1. The first-order valence-corrected chi connectivity index (χ1v) is 15.5. The Bertz CT molecular complexity index is 1490. The van der Waals surface area contributed by atoms with Crippen LogP contribution in [0.3, 0.4) is 0 Å². The summed E-state index contributed by atoms with van der Waals surface area (Å²) >= 11 is 8.51. The molecule has 1 N–H and O–H groups in total. The molecule has 2 atom stereocenters. The number of rotatable bonds is 5. The van der Waals surface area contributed by atoms with E-state index in [0.717, 1.165) is 9.83 Å². The van der Waals surface area contributed by atoms with Crippen LogP contribution in [0, 0.1) is 9.49 Å². The summed E-state index contributed by atoms with van der Waals surface area (Å²) in [5.41, 5.74) is -1.82. The lowest BCUT2D eigenvalue weighted by Crippen LogP contribution is -2.47. The first-order valence-electron chi connectivity index (χ1n) is 12.2. The summed E-state index contributed by atoms with van der Waals surface area (Å²) in [6.45, 7) is 7.45. The molecule has 0 bridgehead atoms. The number of anilines is 1. The number of alkyl halides is 3. The van der Waals surface area contributed by atoms with Crippen LogP contribution in [0.2, 0.25) is 5.02 Å². The molecule has 3 aromatic rings. The van der Waals surface area contributed by atoms with E-state index in [2.05, 4.69) is 42.9 Å². The number of hydrogen-bond acceptors (Lipinski definition) is 6. The van der Waals surface area contributed by atoms with E-state index in [0.29, 0.717) is 23.7 Å². The maximum Gasteiger partial charge on any atom is 0.420 e. The Labute approximate surface area is 244 Å². The summed E-state index contributed by atoms with van der Waals surface area (Å²) in [7, 11) is -3.34. The number of benzene rings is 1. The van der Waals surface area contributed by atoms with Crippen LogP contribution < -0.4 is 5.32 Å². The van der Waals surface area contributed by atoms with E-state index in [4.69, 9.17) is 11.6 Å². The molecular weight excluding hydrogens is 668 g/mol. The molecule has 0 spiro atoms. The summed E-state index contributed by atoms with van der Waals surface area (Å²) in [4.78, 5) is 13.0. The molecule has 212 valence electrons. The van der Waals surface area contributed by atoms with Crippen LogP contribution in [0.4, 0.5) is 19.1 Å². The number of hydrogen-bond donors (Lipinski definition) is 1. The summed E-state index contributed by atoms with van der Waals surface area (Å²) in [5, 5.41) is 3.62. The highest BCUT2D eigenvalue weighted by Gasteiger charge is 2.42. The van der Waals surface area contributed by atoms with Crippen LogP contribution in [0.1, 0.15) is 45.4 Å². The van der Waals surface area contributed by atoms with Gasteiger partial charge in [-0.3, -0.25) is 0 Å². The Morgan fingerprint density at radius 1 is 1.18 bits per heavy atom. The predicted molar refractivity (Wildman–Crippen MR) is 154 cm³/mol. The van der Waals surface area contributed by atoms with Crippen molar-refractivity contribution < 1.29 is 21.6 Å². The fraction of sp³-hybridized carbons (Fsp3) is 0.480. The van der Waals surface area contributed by atoms with Gasteiger partial charge in [0.2, 0.25) is 16.0 Å². The fourth-order valence-corrected chi connectivity index (χ4v) is 6.47. The average molecular weight is 697 g/mol. The van der Waals surface area contributed by atoms with E-state index in [1.807, 2.05) is 13.0 Å². The topological polar surface area (TPSA) is 93.0 Å². The Hall–Kier alpha value is -1.97. The lowest BCUT2D eigenvalue weighted by Gasteiger charge is -2.36. The largest absolute Gasteiger partial charge is 0.420 e. The molecule has 1 aliphatic rings. The van der Waals surface area contributed by atoms with E-state index in [9.17, 15) is 21.6 Å².